The van der Waals surface area contributed by atoms with Crippen LogP contribution in [-0.4, -0.2) is 26.2 Å². The van der Waals surface area contributed by atoms with E-state index in [9.17, 15) is 0 Å². The maximum absolute atomic E-state index is 5.53. The third-order valence-corrected chi connectivity index (χ3v) is 3.23. The fraction of sp³-hybridized carbons (Fsp3) is 0.571. The highest BCUT2D eigenvalue weighted by Crippen LogP contribution is 2.22. The molecule has 1 saturated heterocycles. The number of nitrogens with one attached hydrogen (secondary N) is 2. The molecule has 1 unspecified atom stereocenters. The van der Waals surface area contributed by atoms with Crippen LogP contribution in [0.1, 0.15) is 18.9 Å². The van der Waals surface area contributed by atoms with Crippen molar-refractivity contribution in [3.63, 3.8) is 0 Å². The number of rotatable bonds is 5. The van der Waals surface area contributed by atoms with Crippen molar-refractivity contribution in [1.29, 1.82) is 0 Å². The second-order valence-electron chi connectivity index (χ2n) is 4.65. The van der Waals surface area contributed by atoms with Crippen LogP contribution >= 0.6 is 0 Å². The van der Waals surface area contributed by atoms with Crippen molar-refractivity contribution in [2.45, 2.75) is 20.3 Å². The highest BCUT2D eigenvalue weighted by molar-refractivity contribution is 5.50. The Morgan fingerprint density at radius 2 is 2.35 bits per heavy atom. The number of hydrogen-bond acceptors (Lipinski definition) is 3. The molecule has 0 saturated carbocycles. The molecule has 2 N–H and O–H groups in total. The van der Waals surface area contributed by atoms with E-state index in [0.29, 0.717) is 0 Å². The summed E-state index contributed by atoms with van der Waals surface area (Å²) >= 11 is 0. The number of ether oxygens (including phenoxy) is 1. The van der Waals surface area contributed by atoms with E-state index in [1.54, 1.807) is 0 Å². The van der Waals surface area contributed by atoms with Gasteiger partial charge in [0.05, 0.1) is 6.61 Å². The summed E-state index contributed by atoms with van der Waals surface area (Å²) in [7, 11) is 0. The zero-order valence-corrected chi connectivity index (χ0v) is 10.8. The lowest BCUT2D eigenvalue weighted by Crippen LogP contribution is -2.17. The average Bonchev–Trinajstić information content (AvgIpc) is 2.83. The summed E-state index contributed by atoms with van der Waals surface area (Å²) in [6.07, 6.45) is 1.28. The molecule has 1 aromatic rings. The van der Waals surface area contributed by atoms with E-state index in [1.807, 2.05) is 13.0 Å². The number of benzene rings is 1. The van der Waals surface area contributed by atoms with Crippen LogP contribution in [0.4, 0.5) is 5.69 Å². The summed E-state index contributed by atoms with van der Waals surface area (Å²) in [5.74, 6) is 1.75. The van der Waals surface area contributed by atoms with Crippen LogP contribution in [0.5, 0.6) is 5.75 Å². The summed E-state index contributed by atoms with van der Waals surface area (Å²) in [6, 6.07) is 6.31. The highest BCUT2D eigenvalue weighted by atomic mass is 16.5. The van der Waals surface area contributed by atoms with Crippen LogP contribution in [0.3, 0.4) is 0 Å². The Morgan fingerprint density at radius 1 is 1.47 bits per heavy atom. The average molecular weight is 234 g/mol. The molecule has 3 nitrogen and oxygen atoms in total. The molecule has 0 aromatic heterocycles. The van der Waals surface area contributed by atoms with Crippen molar-refractivity contribution in [2.75, 3.05) is 31.6 Å². The molecular formula is C14H22N2O. The molecule has 0 bridgehead atoms. The van der Waals surface area contributed by atoms with Crippen LogP contribution in [0.25, 0.3) is 0 Å². The first-order chi connectivity index (χ1) is 8.29. The van der Waals surface area contributed by atoms with E-state index in [4.69, 9.17) is 4.74 Å². The molecule has 0 spiro atoms. The van der Waals surface area contributed by atoms with Gasteiger partial charge in [-0.05, 0) is 63.0 Å². The third kappa shape index (κ3) is 3.37. The van der Waals surface area contributed by atoms with E-state index >= 15 is 0 Å². The van der Waals surface area contributed by atoms with Gasteiger partial charge in [-0.15, -0.1) is 0 Å². The molecule has 0 radical (unpaired) electrons. The van der Waals surface area contributed by atoms with Crippen LogP contribution < -0.4 is 15.4 Å². The van der Waals surface area contributed by atoms with Crippen molar-refractivity contribution in [1.82, 2.24) is 5.32 Å². The molecule has 1 aliphatic heterocycles. The van der Waals surface area contributed by atoms with Crippen molar-refractivity contribution in [3.05, 3.63) is 23.8 Å². The van der Waals surface area contributed by atoms with Gasteiger partial charge in [0.25, 0.3) is 0 Å². The summed E-state index contributed by atoms with van der Waals surface area (Å²) in [6.45, 7) is 8.19. The molecule has 1 fully saturated rings. The van der Waals surface area contributed by atoms with Gasteiger partial charge in [-0.25, -0.2) is 0 Å². The molecule has 1 aliphatic rings. The van der Waals surface area contributed by atoms with E-state index in [2.05, 4.69) is 29.7 Å². The van der Waals surface area contributed by atoms with Crippen molar-refractivity contribution in [3.8, 4) is 5.75 Å². The highest BCUT2D eigenvalue weighted by Gasteiger charge is 2.13. The maximum atomic E-state index is 5.53. The molecule has 1 atom stereocenters. The Labute approximate surface area is 104 Å². The van der Waals surface area contributed by atoms with E-state index in [-0.39, 0.29) is 0 Å². The Morgan fingerprint density at radius 3 is 3.00 bits per heavy atom. The Balaban J connectivity index is 1.90. The van der Waals surface area contributed by atoms with Crippen LogP contribution in [0.2, 0.25) is 0 Å². The molecule has 1 heterocycles. The second kappa shape index (κ2) is 5.92. The van der Waals surface area contributed by atoms with Crippen LogP contribution in [0, 0.1) is 12.8 Å². The summed E-state index contributed by atoms with van der Waals surface area (Å²) < 4.78 is 5.53. The number of anilines is 1. The van der Waals surface area contributed by atoms with Gasteiger partial charge in [0, 0.05) is 12.2 Å². The first kappa shape index (κ1) is 12.2. The minimum absolute atomic E-state index is 0.724. The molecule has 17 heavy (non-hydrogen) atoms. The van der Waals surface area contributed by atoms with Gasteiger partial charge in [0.2, 0.25) is 0 Å². The normalized spacial score (nSPS) is 19.3. The van der Waals surface area contributed by atoms with Crippen LogP contribution in [0.15, 0.2) is 18.2 Å². The Kier molecular flexibility index (Phi) is 4.26. The predicted octanol–water partition coefficient (Wildman–Crippen LogP) is 2.42. The molecule has 2 rings (SSSR count). The summed E-state index contributed by atoms with van der Waals surface area (Å²) in [5, 5.41) is 6.89. The number of hydrogen-bond donors (Lipinski definition) is 2. The number of aryl methyl sites for hydroxylation is 1. The smallest absolute Gasteiger partial charge is 0.122 e. The molecule has 0 amide bonds. The molecular weight excluding hydrogens is 212 g/mol. The molecule has 3 heteroatoms. The fourth-order valence-electron chi connectivity index (χ4n) is 2.23. The fourth-order valence-corrected chi connectivity index (χ4v) is 2.23. The van der Waals surface area contributed by atoms with Gasteiger partial charge in [-0.3, -0.25) is 0 Å². The molecule has 94 valence electrons. The summed E-state index contributed by atoms with van der Waals surface area (Å²) in [5.41, 5.74) is 2.39. The standard InChI is InChI=1S/C14H22N2O/c1-3-17-14-5-4-13(8-11(14)2)16-10-12-6-7-15-9-12/h4-5,8,12,15-16H,3,6-7,9-10H2,1-2H3. The van der Waals surface area contributed by atoms with E-state index in [0.717, 1.165) is 37.9 Å². The second-order valence-corrected chi connectivity index (χ2v) is 4.65. The van der Waals surface area contributed by atoms with Gasteiger partial charge < -0.3 is 15.4 Å². The van der Waals surface area contributed by atoms with Gasteiger partial charge in [0.15, 0.2) is 0 Å². The van der Waals surface area contributed by atoms with Gasteiger partial charge in [0.1, 0.15) is 5.75 Å². The Hall–Kier alpha value is -1.22. The predicted molar refractivity (Wildman–Crippen MR) is 71.8 cm³/mol. The first-order valence-corrected chi connectivity index (χ1v) is 6.47. The maximum Gasteiger partial charge on any atom is 0.122 e. The monoisotopic (exact) mass is 234 g/mol. The van der Waals surface area contributed by atoms with Crippen molar-refractivity contribution < 1.29 is 4.74 Å². The zero-order valence-electron chi connectivity index (χ0n) is 10.8. The van der Waals surface area contributed by atoms with E-state index in [1.165, 1.54) is 17.7 Å². The Bertz CT molecular complexity index is 359. The van der Waals surface area contributed by atoms with Crippen molar-refractivity contribution >= 4 is 5.69 Å². The van der Waals surface area contributed by atoms with Gasteiger partial charge in [-0.2, -0.15) is 0 Å². The topological polar surface area (TPSA) is 33.3 Å². The largest absolute Gasteiger partial charge is 0.494 e. The first-order valence-electron chi connectivity index (χ1n) is 6.47. The van der Waals surface area contributed by atoms with Gasteiger partial charge >= 0.3 is 0 Å². The minimum Gasteiger partial charge on any atom is -0.494 e. The lowest BCUT2D eigenvalue weighted by Gasteiger charge is -2.13. The zero-order chi connectivity index (χ0) is 12.1. The third-order valence-electron chi connectivity index (χ3n) is 3.23. The van der Waals surface area contributed by atoms with E-state index < -0.39 is 0 Å². The molecule has 0 aliphatic carbocycles. The van der Waals surface area contributed by atoms with Gasteiger partial charge in [-0.1, -0.05) is 0 Å². The summed E-state index contributed by atoms with van der Waals surface area (Å²) in [4.78, 5) is 0. The quantitative estimate of drug-likeness (QED) is 0.821. The lowest BCUT2D eigenvalue weighted by atomic mass is 10.1. The van der Waals surface area contributed by atoms with Crippen LogP contribution in [-0.2, 0) is 0 Å². The lowest BCUT2D eigenvalue weighted by molar-refractivity contribution is 0.338. The minimum atomic E-state index is 0.724. The SMILES string of the molecule is CCOc1ccc(NCC2CCNC2)cc1C. The van der Waals surface area contributed by atoms with Crippen molar-refractivity contribution in [2.24, 2.45) is 5.92 Å². The molecule has 1 aromatic carbocycles.